The van der Waals surface area contributed by atoms with Gasteiger partial charge in [-0.3, -0.25) is 5.32 Å². The van der Waals surface area contributed by atoms with Crippen LogP contribution in [0.1, 0.15) is 68.7 Å². The third-order valence-corrected chi connectivity index (χ3v) is 5.17. The highest BCUT2D eigenvalue weighted by Gasteiger charge is 2.32. The van der Waals surface area contributed by atoms with Crippen molar-refractivity contribution in [3.63, 3.8) is 0 Å². The Morgan fingerprint density at radius 2 is 2.04 bits per heavy atom. The van der Waals surface area contributed by atoms with Gasteiger partial charge < -0.3 is 9.42 Å². The van der Waals surface area contributed by atoms with E-state index in [0.717, 1.165) is 37.9 Å². The molecular formula is C17H24N6O2. The molecule has 1 aliphatic carbocycles. The van der Waals surface area contributed by atoms with Crippen LogP contribution < -0.4 is 5.32 Å². The zero-order valence-electron chi connectivity index (χ0n) is 14.5. The second kappa shape index (κ2) is 6.85. The van der Waals surface area contributed by atoms with Gasteiger partial charge in [-0.15, -0.1) is 0 Å². The Hall–Kier alpha value is -2.38. The molecule has 1 aliphatic heterocycles. The van der Waals surface area contributed by atoms with Gasteiger partial charge in [-0.2, -0.15) is 10.1 Å². The van der Waals surface area contributed by atoms with Crippen molar-refractivity contribution >= 4 is 11.8 Å². The molecular weight excluding hydrogens is 320 g/mol. The Balaban J connectivity index is 1.50. The zero-order valence-corrected chi connectivity index (χ0v) is 14.5. The van der Waals surface area contributed by atoms with Crippen LogP contribution in [0.15, 0.2) is 16.8 Å². The number of amides is 2. The molecule has 2 aliphatic rings. The third kappa shape index (κ3) is 3.25. The van der Waals surface area contributed by atoms with Gasteiger partial charge in [0.25, 0.3) is 0 Å². The molecule has 1 N–H and O–H groups in total. The standard InChI is InChI=1S/C17H24N6O2/c1-12-19-16(25-21-12)14-8-4-5-11-22(14)17(24)20-15-9-10-18-23(15)13-6-2-3-7-13/h9-10,13-14H,2-8,11H2,1H3,(H,20,24)/t14-/m1/s1. The van der Waals surface area contributed by atoms with Gasteiger partial charge in [0.2, 0.25) is 5.89 Å². The molecule has 0 aromatic carbocycles. The fourth-order valence-corrected chi connectivity index (χ4v) is 3.91. The maximum absolute atomic E-state index is 12.9. The predicted molar refractivity (Wildman–Crippen MR) is 91.1 cm³/mol. The van der Waals surface area contributed by atoms with Crippen molar-refractivity contribution in [3.8, 4) is 0 Å². The van der Waals surface area contributed by atoms with Crippen LogP contribution in [0.4, 0.5) is 10.6 Å². The lowest BCUT2D eigenvalue weighted by Crippen LogP contribution is -2.41. The smallest absolute Gasteiger partial charge is 0.323 e. The number of nitrogens with one attached hydrogen (secondary N) is 1. The van der Waals surface area contributed by atoms with Crippen molar-refractivity contribution in [3.05, 3.63) is 24.0 Å². The molecule has 1 atom stereocenters. The lowest BCUT2D eigenvalue weighted by Gasteiger charge is -2.33. The second-order valence-corrected chi connectivity index (χ2v) is 6.91. The summed E-state index contributed by atoms with van der Waals surface area (Å²) in [5, 5.41) is 11.3. The van der Waals surface area contributed by atoms with Crippen molar-refractivity contribution in [1.29, 1.82) is 0 Å². The Bertz CT molecular complexity index is 733. The molecule has 2 aromatic rings. The van der Waals surface area contributed by atoms with Gasteiger partial charge in [0.1, 0.15) is 11.9 Å². The van der Waals surface area contributed by atoms with E-state index in [-0.39, 0.29) is 12.1 Å². The van der Waals surface area contributed by atoms with Crippen LogP contribution in [0.5, 0.6) is 0 Å². The van der Waals surface area contributed by atoms with E-state index in [2.05, 4.69) is 20.6 Å². The number of aromatic nitrogens is 4. The third-order valence-electron chi connectivity index (χ3n) is 5.17. The lowest BCUT2D eigenvalue weighted by atomic mass is 10.0. The topological polar surface area (TPSA) is 89.1 Å². The molecule has 25 heavy (non-hydrogen) atoms. The normalized spacial score (nSPS) is 21.6. The number of aryl methyl sites for hydroxylation is 1. The predicted octanol–water partition coefficient (Wildman–Crippen LogP) is 3.45. The Morgan fingerprint density at radius 3 is 2.80 bits per heavy atom. The van der Waals surface area contributed by atoms with Crippen LogP contribution in [0.2, 0.25) is 0 Å². The van der Waals surface area contributed by atoms with Crippen molar-refractivity contribution < 1.29 is 9.32 Å². The molecule has 0 bridgehead atoms. The van der Waals surface area contributed by atoms with Crippen LogP contribution in [0.25, 0.3) is 0 Å². The minimum atomic E-state index is -0.155. The zero-order chi connectivity index (χ0) is 17.2. The summed E-state index contributed by atoms with van der Waals surface area (Å²) in [6, 6.07) is 1.98. The highest BCUT2D eigenvalue weighted by molar-refractivity contribution is 5.88. The minimum Gasteiger partial charge on any atom is -0.337 e. The fraction of sp³-hybridized carbons (Fsp3) is 0.647. The molecule has 3 heterocycles. The Kier molecular flexibility index (Phi) is 4.42. The molecule has 2 amide bonds. The van der Waals surface area contributed by atoms with Gasteiger partial charge in [-0.05, 0) is 39.0 Å². The van der Waals surface area contributed by atoms with Crippen molar-refractivity contribution in [1.82, 2.24) is 24.8 Å². The highest BCUT2D eigenvalue weighted by atomic mass is 16.5. The summed E-state index contributed by atoms with van der Waals surface area (Å²) in [6.45, 7) is 2.48. The summed E-state index contributed by atoms with van der Waals surface area (Å²) in [6.07, 6.45) is 9.33. The number of nitrogens with zero attached hydrogens (tertiary/aromatic N) is 5. The largest absolute Gasteiger partial charge is 0.337 e. The fourth-order valence-electron chi connectivity index (χ4n) is 3.91. The summed E-state index contributed by atoms with van der Waals surface area (Å²) in [4.78, 5) is 19.0. The van der Waals surface area contributed by atoms with Gasteiger partial charge in [-0.25, -0.2) is 9.48 Å². The van der Waals surface area contributed by atoms with E-state index < -0.39 is 0 Å². The molecule has 4 rings (SSSR count). The first-order valence-corrected chi connectivity index (χ1v) is 9.14. The number of piperidine rings is 1. The van der Waals surface area contributed by atoms with Crippen molar-refractivity contribution in [2.75, 3.05) is 11.9 Å². The average Bonchev–Trinajstić information content (AvgIpc) is 3.35. The maximum atomic E-state index is 12.9. The number of anilines is 1. The van der Waals surface area contributed by atoms with Gasteiger partial charge in [0, 0.05) is 12.6 Å². The quantitative estimate of drug-likeness (QED) is 0.921. The minimum absolute atomic E-state index is 0.125. The van der Waals surface area contributed by atoms with Crippen molar-refractivity contribution in [2.45, 2.75) is 64.0 Å². The summed E-state index contributed by atoms with van der Waals surface area (Å²) in [7, 11) is 0. The number of carbonyl (C=O) groups is 1. The summed E-state index contributed by atoms with van der Waals surface area (Å²) >= 11 is 0. The number of hydrogen-bond donors (Lipinski definition) is 1. The van der Waals surface area contributed by atoms with Crippen LogP contribution in [0, 0.1) is 6.92 Å². The molecule has 8 nitrogen and oxygen atoms in total. The highest BCUT2D eigenvalue weighted by Crippen LogP contribution is 2.33. The molecule has 2 fully saturated rings. The number of likely N-dealkylation sites (tertiary alicyclic amines) is 1. The molecule has 1 saturated heterocycles. The van der Waals surface area contributed by atoms with E-state index in [1.54, 1.807) is 13.1 Å². The van der Waals surface area contributed by atoms with Crippen LogP contribution >= 0.6 is 0 Å². The second-order valence-electron chi connectivity index (χ2n) is 6.91. The van der Waals surface area contributed by atoms with E-state index in [1.807, 2.05) is 15.6 Å². The van der Waals surface area contributed by atoms with Gasteiger partial charge in [0.15, 0.2) is 5.82 Å². The Labute approximate surface area is 146 Å². The summed E-state index contributed by atoms with van der Waals surface area (Å²) in [5.41, 5.74) is 0. The number of urea groups is 1. The van der Waals surface area contributed by atoms with E-state index >= 15 is 0 Å². The molecule has 0 spiro atoms. The molecule has 0 radical (unpaired) electrons. The Morgan fingerprint density at radius 1 is 1.24 bits per heavy atom. The van der Waals surface area contributed by atoms with Gasteiger partial charge >= 0.3 is 6.03 Å². The van der Waals surface area contributed by atoms with E-state index in [1.165, 1.54) is 12.8 Å². The molecule has 2 aromatic heterocycles. The van der Waals surface area contributed by atoms with Crippen LogP contribution in [-0.2, 0) is 0 Å². The maximum Gasteiger partial charge on any atom is 0.323 e. The SMILES string of the molecule is Cc1noc([C@H]2CCCCN2C(=O)Nc2ccnn2C2CCCC2)n1. The number of hydrogen-bond acceptors (Lipinski definition) is 5. The van der Waals surface area contributed by atoms with E-state index in [4.69, 9.17) is 4.52 Å². The number of carbonyl (C=O) groups excluding carboxylic acids is 1. The first-order valence-electron chi connectivity index (χ1n) is 9.14. The summed E-state index contributed by atoms with van der Waals surface area (Å²) < 4.78 is 7.28. The molecule has 134 valence electrons. The molecule has 1 saturated carbocycles. The summed E-state index contributed by atoms with van der Waals surface area (Å²) in [5.74, 6) is 1.89. The van der Waals surface area contributed by atoms with E-state index in [0.29, 0.717) is 24.3 Å². The van der Waals surface area contributed by atoms with Gasteiger partial charge in [-0.1, -0.05) is 18.0 Å². The average molecular weight is 344 g/mol. The van der Waals surface area contributed by atoms with E-state index in [9.17, 15) is 4.79 Å². The molecule has 8 heteroatoms. The van der Waals surface area contributed by atoms with Crippen molar-refractivity contribution in [2.24, 2.45) is 0 Å². The van der Waals surface area contributed by atoms with Crippen LogP contribution in [-0.4, -0.2) is 37.4 Å². The first kappa shape index (κ1) is 16.1. The molecule has 0 unspecified atom stereocenters. The lowest BCUT2D eigenvalue weighted by molar-refractivity contribution is 0.142. The first-order chi connectivity index (χ1) is 12.2. The monoisotopic (exact) mass is 344 g/mol. The number of rotatable bonds is 3. The van der Waals surface area contributed by atoms with Gasteiger partial charge in [0.05, 0.1) is 12.2 Å². The van der Waals surface area contributed by atoms with Crippen LogP contribution in [0.3, 0.4) is 0 Å².